The average molecular weight is 462 g/mol. The van der Waals surface area contributed by atoms with Gasteiger partial charge in [-0.25, -0.2) is 4.39 Å². The zero-order chi connectivity index (χ0) is 20.7. The van der Waals surface area contributed by atoms with E-state index in [0.717, 1.165) is 10.0 Å². The Hall–Kier alpha value is -3.58. The molecule has 0 saturated carbocycles. The number of halogens is 2. The Morgan fingerprint density at radius 3 is 2.47 bits per heavy atom. The summed E-state index contributed by atoms with van der Waals surface area (Å²) in [6.45, 7) is 0. The van der Waals surface area contributed by atoms with Gasteiger partial charge in [-0.15, -0.1) is 0 Å². The highest BCUT2D eigenvalue weighted by Crippen LogP contribution is 2.29. The van der Waals surface area contributed by atoms with Crippen LogP contribution in [0.4, 0.5) is 4.39 Å². The summed E-state index contributed by atoms with van der Waals surface area (Å²) in [4.78, 5) is 17.6. The first-order valence-electron chi connectivity index (χ1n) is 9.10. The van der Waals surface area contributed by atoms with Crippen LogP contribution >= 0.6 is 15.9 Å². The Balaban J connectivity index is 1.72. The highest BCUT2D eigenvalue weighted by Gasteiger charge is 2.17. The summed E-state index contributed by atoms with van der Waals surface area (Å²) < 4.78 is 21.3. The van der Waals surface area contributed by atoms with E-state index in [2.05, 4.69) is 26.1 Å². The number of hydrogen-bond acceptors (Lipinski definition) is 4. The summed E-state index contributed by atoms with van der Waals surface area (Å²) in [6.07, 6.45) is 1.65. The van der Waals surface area contributed by atoms with Crippen molar-refractivity contribution in [2.45, 2.75) is 0 Å². The van der Waals surface area contributed by atoms with Crippen LogP contribution < -0.4 is 5.56 Å². The van der Waals surface area contributed by atoms with Crippen LogP contribution in [-0.4, -0.2) is 14.7 Å². The fourth-order valence-corrected chi connectivity index (χ4v) is 3.73. The number of hydrogen-bond donors (Lipinski definition) is 0. The van der Waals surface area contributed by atoms with Crippen molar-refractivity contribution in [1.82, 2.24) is 14.7 Å². The first-order chi connectivity index (χ1) is 14.6. The van der Waals surface area contributed by atoms with E-state index < -0.39 is 0 Å². The lowest BCUT2D eigenvalue weighted by Gasteiger charge is -2.10. The smallest absolute Gasteiger partial charge is 0.262 e. The van der Waals surface area contributed by atoms with Crippen molar-refractivity contribution >= 4 is 26.7 Å². The van der Waals surface area contributed by atoms with Crippen LogP contribution in [0.1, 0.15) is 0 Å². The molecule has 0 unspecified atom stereocenters. The number of benzene rings is 3. The Morgan fingerprint density at radius 2 is 1.70 bits per heavy atom. The number of aromatic nitrogens is 3. The molecule has 0 amide bonds. The van der Waals surface area contributed by atoms with Crippen LogP contribution in [0.25, 0.3) is 39.3 Å². The van der Waals surface area contributed by atoms with E-state index in [-0.39, 0.29) is 17.3 Å². The van der Waals surface area contributed by atoms with Gasteiger partial charge in [0.1, 0.15) is 5.82 Å². The van der Waals surface area contributed by atoms with Gasteiger partial charge in [0.05, 0.1) is 5.56 Å². The highest BCUT2D eigenvalue weighted by molar-refractivity contribution is 9.10. The van der Waals surface area contributed by atoms with E-state index in [1.165, 1.54) is 16.7 Å². The molecule has 5 aromatic rings. The zero-order valence-corrected chi connectivity index (χ0v) is 17.0. The molecule has 5 rings (SSSR count). The molecule has 30 heavy (non-hydrogen) atoms. The maximum Gasteiger partial charge on any atom is 0.262 e. The topological polar surface area (TPSA) is 60.9 Å². The van der Waals surface area contributed by atoms with Crippen molar-refractivity contribution in [2.24, 2.45) is 0 Å². The van der Waals surface area contributed by atoms with E-state index in [1.54, 1.807) is 30.5 Å². The minimum Gasteiger partial charge on any atom is -0.334 e. The molecule has 2 aromatic heterocycles. The number of rotatable bonds is 3. The van der Waals surface area contributed by atoms with Crippen LogP contribution in [0.2, 0.25) is 0 Å². The standard InChI is InChI=1S/C23H13BrFN3O2/c24-15-5-3-4-14(12-15)21-26-22(30-27-21)20-13-28(17-10-8-16(25)9-11-17)23(29)19-7-2-1-6-18(19)20/h1-13H. The molecule has 7 heteroatoms. The third-order valence-corrected chi connectivity index (χ3v) is 5.26. The van der Waals surface area contributed by atoms with Crippen LogP contribution in [0.5, 0.6) is 0 Å². The third-order valence-electron chi connectivity index (χ3n) is 4.77. The number of fused-ring (bicyclic) bond motifs is 1. The van der Waals surface area contributed by atoms with E-state index in [0.29, 0.717) is 27.8 Å². The van der Waals surface area contributed by atoms with Crippen LogP contribution in [0.3, 0.4) is 0 Å². The van der Waals surface area contributed by atoms with Gasteiger partial charge in [-0.1, -0.05) is 51.4 Å². The predicted octanol–water partition coefficient (Wildman–Crippen LogP) is 5.61. The van der Waals surface area contributed by atoms with Crippen LogP contribution in [-0.2, 0) is 0 Å². The zero-order valence-electron chi connectivity index (χ0n) is 15.4. The van der Waals surface area contributed by atoms with Gasteiger partial charge >= 0.3 is 0 Å². The van der Waals surface area contributed by atoms with Crippen molar-refractivity contribution in [3.8, 4) is 28.5 Å². The first-order valence-corrected chi connectivity index (χ1v) is 9.90. The molecule has 0 spiro atoms. The monoisotopic (exact) mass is 461 g/mol. The van der Waals surface area contributed by atoms with E-state index in [1.807, 2.05) is 36.4 Å². The lowest BCUT2D eigenvalue weighted by atomic mass is 10.1. The number of nitrogens with zero attached hydrogens (tertiary/aromatic N) is 3. The van der Waals surface area contributed by atoms with Gasteiger partial charge in [-0.3, -0.25) is 9.36 Å². The molecule has 0 aliphatic heterocycles. The molecule has 2 heterocycles. The van der Waals surface area contributed by atoms with E-state index >= 15 is 0 Å². The molecular formula is C23H13BrFN3O2. The highest BCUT2D eigenvalue weighted by atomic mass is 79.9. The van der Waals surface area contributed by atoms with Gasteiger partial charge < -0.3 is 4.52 Å². The molecule has 0 bridgehead atoms. The molecule has 0 fully saturated rings. The lowest BCUT2D eigenvalue weighted by Crippen LogP contribution is -2.18. The van der Waals surface area contributed by atoms with E-state index in [9.17, 15) is 9.18 Å². The van der Waals surface area contributed by atoms with Crippen LogP contribution in [0, 0.1) is 5.82 Å². The SMILES string of the molecule is O=c1c2ccccc2c(-c2nc(-c3cccc(Br)c3)no2)cn1-c1ccc(F)cc1. The molecule has 0 aliphatic carbocycles. The quantitative estimate of drug-likeness (QED) is 0.350. The summed E-state index contributed by atoms with van der Waals surface area (Å²) in [5, 5.41) is 5.30. The minimum absolute atomic E-state index is 0.215. The van der Waals surface area contributed by atoms with Gasteiger partial charge in [0.15, 0.2) is 0 Å². The first kappa shape index (κ1) is 18.4. The Morgan fingerprint density at radius 1 is 0.933 bits per heavy atom. The van der Waals surface area contributed by atoms with Gasteiger partial charge in [-0.2, -0.15) is 4.98 Å². The van der Waals surface area contributed by atoms with Gasteiger partial charge in [0, 0.05) is 32.7 Å². The fourth-order valence-electron chi connectivity index (χ4n) is 3.33. The summed E-state index contributed by atoms with van der Waals surface area (Å²) in [5.74, 6) is 0.357. The summed E-state index contributed by atoms with van der Waals surface area (Å²) in [6, 6.07) is 20.5. The molecule has 0 radical (unpaired) electrons. The summed E-state index contributed by atoms with van der Waals surface area (Å²) in [7, 11) is 0. The molecule has 0 atom stereocenters. The summed E-state index contributed by atoms with van der Waals surface area (Å²) in [5.41, 5.74) is 1.74. The van der Waals surface area contributed by atoms with Crippen LogP contribution in [0.15, 0.2) is 92.8 Å². The fraction of sp³-hybridized carbons (Fsp3) is 0. The molecule has 0 saturated heterocycles. The Kier molecular flexibility index (Phi) is 4.52. The third kappa shape index (κ3) is 3.23. The van der Waals surface area contributed by atoms with Crippen molar-refractivity contribution in [2.75, 3.05) is 0 Å². The molecule has 146 valence electrons. The van der Waals surface area contributed by atoms with Crippen molar-refractivity contribution in [1.29, 1.82) is 0 Å². The van der Waals surface area contributed by atoms with E-state index in [4.69, 9.17) is 4.52 Å². The van der Waals surface area contributed by atoms with Crippen molar-refractivity contribution in [3.63, 3.8) is 0 Å². The molecule has 3 aromatic carbocycles. The molecule has 0 N–H and O–H groups in total. The second-order valence-electron chi connectivity index (χ2n) is 6.67. The predicted molar refractivity (Wildman–Crippen MR) is 116 cm³/mol. The largest absolute Gasteiger partial charge is 0.334 e. The Labute approximate surface area is 178 Å². The van der Waals surface area contributed by atoms with Gasteiger partial charge in [0.25, 0.3) is 11.4 Å². The minimum atomic E-state index is -0.372. The number of pyridine rings is 1. The molecule has 5 nitrogen and oxygen atoms in total. The maximum atomic E-state index is 13.4. The average Bonchev–Trinajstić information content (AvgIpc) is 3.25. The second kappa shape index (κ2) is 7.35. The van der Waals surface area contributed by atoms with Gasteiger partial charge in [-0.05, 0) is 42.5 Å². The van der Waals surface area contributed by atoms with Crippen molar-refractivity contribution < 1.29 is 8.91 Å². The summed E-state index contributed by atoms with van der Waals surface area (Å²) >= 11 is 3.44. The van der Waals surface area contributed by atoms with Gasteiger partial charge in [0.2, 0.25) is 5.82 Å². The van der Waals surface area contributed by atoms with Crippen molar-refractivity contribution in [3.05, 3.63) is 99.6 Å². The maximum absolute atomic E-state index is 13.4. The Bertz CT molecular complexity index is 1440. The molecule has 0 aliphatic rings. The lowest BCUT2D eigenvalue weighted by molar-refractivity contribution is 0.432. The normalized spacial score (nSPS) is 11.1. The molecular weight excluding hydrogens is 449 g/mol. The second-order valence-corrected chi connectivity index (χ2v) is 7.59.